The van der Waals surface area contributed by atoms with Gasteiger partial charge in [0.15, 0.2) is 5.60 Å². The van der Waals surface area contributed by atoms with Crippen molar-refractivity contribution in [2.75, 3.05) is 43.2 Å². The largest absolute Gasteiger partial charge is 0.497 e. The summed E-state index contributed by atoms with van der Waals surface area (Å²) < 4.78 is 7.20. The number of fused-ring (bicyclic) bond motifs is 1. The van der Waals surface area contributed by atoms with Gasteiger partial charge in [0.2, 0.25) is 5.91 Å². The predicted octanol–water partition coefficient (Wildman–Crippen LogP) is 3.36. The number of piperazine rings is 1. The number of aliphatic hydroxyl groups is 2. The van der Waals surface area contributed by atoms with Crippen LogP contribution in [0.15, 0.2) is 91.1 Å². The van der Waals surface area contributed by atoms with Crippen molar-refractivity contribution in [3.63, 3.8) is 0 Å². The molecule has 4 aromatic rings. The van der Waals surface area contributed by atoms with Crippen LogP contribution in [-0.4, -0.2) is 70.4 Å². The molecular formula is C36H40N6O5. The first kappa shape index (κ1) is 32.1. The van der Waals surface area contributed by atoms with Gasteiger partial charge in [0, 0.05) is 43.0 Å². The van der Waals surface area contributed by atoms with E-state index in [9.17, 15) is 19.8 Å². The Bertz CT molecular complexity index is 1760. The Morgan fingerprint density at radius 2 is 1.91 bits per heavy atom. The van der Waals surface area contributed by atoms with Gasteiger partial charge in [0.05, 0.1) is 44.1 Å². The van der Waals surface area contributed by atoms with Gasteiger partial charge in [-0.2, -0.15) is 0 Å². The summed E-state index contributed by atoms with van der Waals surface area (Å²) >= 11 is 0. The van der Waals surface area contributed by atoms with Crippen molar-refractivity contribution < 1.29 is 24.5 Å². The maximum absolute atomic E-state index is 14.1. The lowest BCUT2D eigenvalue weighted by Gasteiger charge is -2.29. The van der Waals surface area contributed by atoms with Gasteiger partial charge in [0.25, 0.3) is 5.91 Å². The molecule has 0 spiro atoms. The Labute approximate surface area is 274 Å². The summed E-state index contributed by atoms with van der Waals surface area (Å²) in [6, 6.07) is 22.7. The molecule has 11 nitrogen and oxygen atoms in total. The van der Waals surface area contributed by atoms with Crippen molar-refractivity contribution in [1.82, 2.24) is 20.3 Å². The molecule has 1 fully saturated rings. The smallest absolute Gasteiger partial charge is 0.264 e. The van der Waals surface area contributed by atoms with E-state index in [0.29, 0.717) is 55.3 Å². The van der Waals surface area contributed by atoms with Crippen LogP contribution in [0, 0.1) is 5.92 Å². The lowest BCUT2D eigenvalue weighted by molar-refractivity contribution is -0.139. The second-order valence-corrected chi connectivity index (χ2v) is 12.0. The highest BCUT2D eigenvalue weighted by Crippen LogP contribution is 2.47. The summed E-state index contributed by atoms with van der Waals surface area (Å²) in [5.74, 6) is -0.679. The fourth-order valence-corrected chi connectivity index (χ4v) is 6.38. The Balaban J connectivity index is 1.17. The average molecular weight is 637 g/mol. The zero-order valence-electron chi connectivity index (χ0n) is 26.6. The van der Waals surface area contributed by atoms with Crippen LogP contribution in [0.4, 0.5) is 11.4 Å². The van der Waals surface area contributed by atoms with Gasteiger partial charge in [-0.15, -0.1) is 5.10 Å². The maximum atomic E-state index is 14.1. The first-order chi connectivity index (χ1) is 22.8. The van der Waals surface area contributed by atoms with Crippen LogP contribution in [0.2, 0.25) is 0 Å². The predicted molar refractivity (Wildman–Crippen MR) is 178 cm³/mol. The number of allylic oxidation sites excluding steroid dienone is 1. The Hall–Kier alpha value is -4.84. The number of carbonyl (C=O) groups is 2. The number of hydrogen-bond donors (Lipinski definition) is 3. The van der Waals surface area contributed by atoms with Gasteiger partial charge in [-0.1, -0.05) is 66.8 Å². The van der Waals surface area contributed by atoms with E-state index in [1.54, 1.807) is 33.7 Å². The van der Waals surface area contributed by atoms with Crippen molar-refractivity contribution in [3.8, 4) is 5.75 Å². The van der Waals surface area contributed by atoms with E-state index in [4.69, 9.17) is 4.74 Å². The molecule has 1 saturated heterocycles. The molecule has 47 heavy (non-hydrogen) atoms. The molecule has 0 aliphatic carbocycles. The molecule has 2 amide bonds. The number of ether oxygens (including phenoxy) is 1. The molecule has 6 rings (SSSR count). The number of nitrogens with one attached hydrogen (secondary N) is 1. The number of aryl methyl sites for hydroxylation is 1. The summed E-state index contributed by atoms with van der Waals surface area (Å²) in [5.41, 5.74) is 2.60. The monoisotopic (exact) mass is 636 g/mol. The Morgan fingerprint density at radius 1 is 1.09 bits per heavy atom. The van der Waals surface area contributed by atoms with E-state index < -0.39 is 17.4 Å². The second-order valence-electron chi connectivity index (χ2n) is 12.0. The molecule has 1 unspecified atom stereocenters. The van der Waals surface area contributed by atoms with Crippen LogP contribution in [0.25, 0.3) is 0 Å². The third-order valence-electron chi connectivity index (χ3n) is 9.04. The van der Waals surface area contributed by atoms with E-state index in [0.717, 1.165) is 16.8 Å². The van der Waals surface area contributed by atoms with E-state index in [2.05, 4.69) is 15.6 Å². The Kier molecular flexibility index (Phi) is 9.48. The van der Waals surface area contributed by atoms with Gasteiger partial charge in [-0.05, 0) is 47.9 Å². The van der Waals surface area contributed by atoms with Gasteiger partial charge < -0.3 is 30.1 Å². The maximum Gasteiger partial charge on any atom is 0.264 e. The highest BCUT2D eigenvalue weighted by molar-refractivity contribution is 6.07. The van der Waals surface area contributed by atoms with E-state index in [-0.39, 0.29) is 25.0 Å². The number of carbonyl (C=O) groups excluding carboxylic acids is 2. The molecule has 2 aliphatic rings. The van der Waals surface area contributed by atoms with Crippen LogP contribution in [0.1, 0.15) is 41.6 Å². The number of aromatic nitrogens is 3. The van der Waals surface area contributed by atoms with E-state index in [1.807, 2.05) is 85.9 Å². The summed E-state index contributed by atoms with van der Waals surface area (Å²) in [6.45, 7) is 4.11. The van der Waals surface area contributed by atoms with E-state index in [1.165, 1.54) is 0 Å². The highest BCUT2D eigenvalue weighted by Gasteiger charge is 2.52. The van der Waals surface area contributed by atoms with Crippen LogP contribution in [-0.2, 0) is 28.3 Å². The SMILES string of the molecule is COc1ccc2c(c1)[C@](O)([C@@H](C)/C=C/CCn1cc(C(CO)c3ccccc3)nn1)C(=O)N2Cc1cccc(N2CCNCC2=O)c1. The lowest BCUT2D eigenvalue weighted by Crippen LogP contribution is -2.48. The van der Waals surface area contributed by atoms with Gasteiger partial charge in [-0.3, -0.25) is 14.3 Å². The zero-order chi connectivity index (χ0) is 33.0. The number of rotatable bonds is 12. The molecule has 3 heterocycles. The molecular weight excluding hydrogens is 596 g/mol. The molecule has 244 valence electrons. The molecule has 0 saturated carbocycles. The van der Waals surface area contributed by atoms with Crippen LogP contribution in [0.5, 0.6) is 5.75 Å². The number of anilines is 2. The number of aliphatic hydroxyl groups excluding tert-OH is 1. The quantitative estimate of drug-likeness (QED) is 0.202. The minimum atomic E-state index is -1.81. The molecule has 0 bridgehead atoms. The van der Waals surface area contributed by atoms with Gasteiger partial charge in [0.1, 0.15) is 5.75 Å². The Morgan fingerprint density at radius 3 is 2.68 bits per heavy atom. The topological polar surface area (TPSA) is 133 Å². The van der Waals surface area contributed by atoms with Crippen molar-refractivity contribution >= 4 is 23.2 Å². The van der Waals surface area contributed by atoms with Crippen molar-refractivity contribution in [3.05, 3.63) is 114 Å². The third-order valence-corrected chi connectivity index (χ3v) is 9.04. The molecule has 11 heteroatoms. The third kappa shape index (κ3) is 6.42. The fraction of sp³-hybridized carbons (Fsp3) is 0.333. The second kappa shape index (κ2) is 13.9. The number of nitrogens with zero attached hydrogens (tertiary/aromatic N) is 5. The first-order valence-electron chi connectivity index (χ1n) is 15.9. The summed E-state index contributed by atoms with van der Waals surface area (Å²) in [5, 5.41) is 33.7. The first-order valence-corrected chi connectivity index (χ1v) is 15.9. The molecule has 1 aromatic heterocycles. The summed E-state index contributed by atoms with van der Waals surface area (Å²) in [6.07, 6.45) is 6.24. The van der Waals surface area contributed by atoms with Crippen LogP contribution >= 0.6 is 0 Å². The van der Waals surface area contributed by atoms with Crippen molar-refractivity contribution in [1.29, 1.82) is 0 Å². The number of methoxy groups -OCH3 is 1. The van der Waals surface area contributed by atoms with E-state index >= 15 is 0 Å². The van der Waals surface area contributed by atoms with Gasteiger partial charge >= 0.3 is 0 Å². The molecule has 3 aromatic carbocycles. The minimum Gasteiger partial charge on any atom is -0.497 e. The van der Waals surface area contributed by atoms with Crippen molar-refractivity contribution in [2.24, 2.45) is 5.92 Å². The van der Waals surface area contributed by atoms with Gasteiger partial charge in [-0.25, -0.2) is 0 Å². The average Bonchev–Trinajstić information content (AvgIpc) is 3.65. The standard InChI is InChI=1S/C36H40N6O5/c1-25(9-6-7-17-40-23-32(38-39-40)30(24-43)27-11-4-3-5-12-27)36(46)31-20-29(47-2)14-15-33(31)42(35(36)45)22-26-10-8-13-28(19-26)41-18-16-37-21-34(41)44/h3-6,8-15,19-20,23,25,30,37,43,46H,7,16-18,21-22,24H2,1-2H3/b9-6+/t25-,30?,36+/m0/s1. The van der Waals surface area contributed by atoms with Crippen molar-refractivity contribution in [2.45, 2.75) is 38.0 Å². The number of benzene rings is 3. The molecule has 0 radical (unpaired) electrons. The number of amides is 2. The lowest BCUT2D eigenvalue weighted by atomic mass is 9.83. The minimum absolute atomic E-state index is 0.00359. The summed E-state index contributed by atoms with van der Waals surface area (Å²) in [4.78, 5) is 30.0. The molecule has 3 atom stereocenters. The fourth-order valence-electron chi connectivity index (χ4n) is 6.38. The highest BCUT2D eigenvalue weighted by atomic mass is 16.5. The van der Waals surface area contributed by atoms with Crippen LogP contribution < -0.4 is 19.9 Å². The molecule has 3 N–H and O–H groups in total. The zero-order valence-corrected chi connectivity index (χ0v) is 26.6. The summed E-state index contributed by atoms with van der Waals surface area (Å²) in [7, 11) is 1.56. The molecule has 2 aliphatic heterocycles. The number of hydrogen-bond acceptors (Lipinski definition) is 8. The van der Waals surface area contributed by atoms with Crippen LogP contribution in [0.3, 0.4) is 0 Å². The normalized spacial score (nSPS) is 19.3.